The Hall–Kier alpha value is -2.76. The number of hydrogen-bond acceptors (Lipinski definition) is 4. The highest BCUT2D eigenvalue weighted by Crippen LogP contribution is 2.28. The zero-order chi connectivity index (χ0) is 13.4. The van der Waals surface area contributed by atoms with Gasteiger partial charge >= 0.3 is 0 Å². The van der Waals surface area contributed by atoms with E-state index >= 15 is 0 Å². The van der Waals surface area contributed by atoms with E-state index in [-0.39, 0.29) is 0 Å². The molecule has 0 unspecified atom stereocenters. The molecule has 2 aromatic heterocycles. The second-order valence-corrected chi connectivity index (χ2v) is 4.30. The van der Waals surface area contributed by atoms with Crippen LogP contribution in [0.1, 0.15) is 0 Å². The monoisotopic (exact) mass is 254 g/mol. The molecule has 0 saturated heterocycles. The minimum absolute atomic E-state index is 0.419. The minimum Gasteiger partial charge on any atom is -0.382 e. The molecular weight excluding hydrogens is 240 g/mol. The Balaban J connectivity index is 2.18. The van der Waals surface area contributed by atoms with E-state index in [1.165, 1.54) is 4.68 Å². The Bertz CT molecular complexity index is 710. The molecule has 3 aromatic rings. The van der Waals surface area contributed by atoms with Crippen LogP contribution in [0.5, 0.6) is 0 Å². The Kier molecular flexibility index (Phi) is 2.49. The summed E-state index contributed by atoms with van der Waals surface area (Å²) in [5.74, 6) is 7.04. The van der Waals surface area contributed by atoms with Crippen molar-refractivity contribution in [3.63, 3.8) is 0 Å². The van der Waals surface area contributed by atoms with E-state index in [9.17, 15) is 0 Å². The highest BCUT2D eigenvalue weighted by atomic mass is 15.4. The van der Waals surface area contributed by atoms with Crippen LogP contribution in [-0.4, -0.2) is 19.2 Å². The predicted octanol–water partition coefficient (Wildman–Crippen LogP) is 1.25. The number of benzene rings is 1. The van der Waals surface area contributed by atoms with Crippen molar-refractivity contribution >= 4 is 5.82 Å². The third kappa shape index (κ3) is 1.74. The van der Waals surface area contributed by atoms with Gasteiger partial charge in [-0.25, -0.2) is 14.6 Å². The number of nitrogens with two attached hydrogens (primary N) is 2. The molecule has 4 N–H and O–H groups in total. The van der Waals surface area contributed by atoms with E-state index in [1.54, 1.807) is 12.5 Å². The predicted molar refractivity (Wildman–Crippen MR) is 74.4 cm³/mol. The van der Waals surface area contributed by atoms with Crippen molar-refractivity contribution in [3.05, 3.63) is 42.9 Å². The van der Waals surface area contributed by atoms with Crippen LogP contribution in [0.3, 0.4) is 0 Å². The first-order valence-corrected chi connectivity index (χ1v) is 5.84. The summed E-state index contributed by atoms with van der Waals surface area (Å²) in [5, 5.41) is 0. The second-order valence-electron chi connectivity index (χ2n) is 4.30. The Morgan fingerprint density at radius 1 is 1.16 bits per heavy atom. The number of nitrogens with zero attached hydrogens (tertiary/aromatic N) is 4. The molecule has 19 heavy (non-hydrogen) atoms. The van der Waals surface area contributed by atoms with Crippen LogP contribution in [0.25, 0.3) is 22.8 Å². The van der Waals surface area contributed by atoms with Gasteiger partial charge in [0.15, 0.2) is 11.6 Å². The van der Waals surface area contributed by atoms with Gasteiger partial charge in [-0.1, -0.05) is 30.3 Å². The number of nitrogen functional groups attached to an aromatic ring is 2. The van der Waals surface area contributed by atoms with Crippen molar-refractivity contribution < 1.29 is 0 Å². The molecule has 0 aliphatic heterocycles. The lowest BCUT2D eigenvalue weighted by Crippen LogP contribution is -2.13. The van der Waals surface area contributed by atoms with E-state index < -0.39 is 0 Å². The lowest BCUT2D eigenvalue weighted by Gasteiger charge is -2.02. The number of anilines is 1. The number of imidazole rings is 2. The number of hydrogen-bond donors (Lipinski definition) is 2. The molecule has 0 amide bonds. The molecule has 0 aliphatic carbocycles. The minimum atomic E-state index is 0.419. The maximum absolute atomic E-state index is 6.04. The van der Waals surface area contributed by atoms with Gasteiger partial charge in [0.1, 0.15) is 5.69 Å². The second kappa shape index (κ2) is 4.16. The average Bonchev–Trinajstić information content (AvgIpc) is 2.97. The zero-order valence-electron chi connectivity index (χ0n) is 10.5. The molecule has 0 saturated carbocycles. The topological polar surface area (TPSA) is 87.7 Å². The number of aryl methyl sites for hydroxylation is 1. The van der Waals surface area contributed by atoms with Crippen LogP contribution in [0.2, 0.25) is 0 Å². The molecule has 2 heterocycles. The van der Waals surface area contributed by atoms with Crippen LogP contribution in [0.15, 0.2) is 42.9 Å². The van der Waals surface area contributed by atoms with Crippen molar-refractivity contribution in [3.8, 4) is 22.8 Å². The van der Waals surface area contributed by atoms with E-state index in [1.807, 2.05) is 41.9 Å². The molecule has 6 nitrogen and oxygen atoms in total. The SMILES string of the molecule is Cn1cncc1-c1nc(-c2ccccc2)n(N)c1N. The molecule has 0 spiro atoms. The van der Waals surface area contributed by atoms with Crippen molar-refractivity contribution in [2.24, 2.45) is 7.05 Å². The van der Waals surface area contributed by atoms with Crippen molar-refractivity contribution in [1.82, 2.24) is 19.2 Å². The molecule has 3 rings (SSSR count). The van der Waals surface area contributed by atoms with Gasteiger partial charge in [-0.2, -0.15) is 0 Å². The maximum Gasteiger partial charge on any atom is 0.161 e. The highest BCUT2D eigenvalue weighted by Gasteiger charge is 2.17. The van der Waals surface area contributed by atoms with Crippen molar-refractivity contribution in [2.75, 3.05) is 11.6 Å². The molecule has 0 radical (unpaired) electrons. The van der Waals surface area contributed by atoms with Gasteiger partial charge in [0.25, 0.3) is 0 Å². The maximum atomic E-state index is 6.04. The quantitative estimate of drug-likeness (QED) is 0.674. The first kappa shape index (κ1) is 11.3. The molecule has 0 bridgehead atoms. The summed E-state index contributed by atoms with van der Waals surface area (Å²) < 4.78 is 3.26. The lowest BCUT2D eigenvalue weighted by molar-refractivity contribution is 0.918. The summed E-state index contributed by atoms with van der Waals surface area (Å²) in [7, 11) is 1.89. The van der Waals surface area contributed by atoms with Gasteiger partial charge in [0.2, 0.25) is 0 Å². The number of aromatic nitrogens is 4. The van der Waals surface area contributed by atoms with Crippen molar-refractivity contribution in [2.45, 2.75) is 0 Å². The van der Waals surface area contributed by atoms with Gasteiger partial charge < -0.3 is 16.1 Å². The molecule has 0 fully saturated rings. The Morgan fingerprint density at radius 2 is 1.89 bits per heavy atom. The molecule has 0 atom stereocenters. The normalized spacial score (nSPS) is 10.8. The highest BCUT2D eigenvalue weighted by molar-refractivity contribution is 5.73. The lowest BCUT2D eigenvalue weighted by atomic mass is 10.2. The zero-order valence-corrected chi connectivity index (χ0v) is 10.5. The largest absolute Gasteiger partial charge is 0.382 e. The van der Waals surface area contributed by atoms with Crippen LogP contribution < -0.4 is 11.6 Å². The van der Waals surface area contributed by atoms with Crippen molar-refractivity contribution in [1.29, 1.82) is 0 Å². The van der Waals surface area contributed by atoms with Gasteiger partial charge in [0.05, 0.1) is 18.2 Å². The fraction of sp³-hybridized carbons (Fsp3) is 0.0769. The van der Waals surface area contributed by atoms with Crippen LogP contribution in [0, 0.1) is 0 Å². The van der Waals surface area contributed by atoms with Crippen LogP contribution >= 0.6 is 0 Å². The molecular formula is C13H14N6. The third-order valence-electron chi connectivity index (χ3n) is 3.04. The van der Waals surface area contributed by atoms with Gasteiger partial charge in [-0.3, -0.25) is 0 Å². The van der Waals surface area contributed by atoms with Crippen LogP contribution in [-0.2, 0) is 7.05 Å². The standard InChI is InChI=1S/C13H14N6/c1-18-8-16-7-10(18)11-12(14)19(15)13(17-11)9-5-3-2-4-6-9/h2-8H,14-15H2,1H3. The van der Waals surface area contributed by atoms with Gasteiger partial charge in [-0.05, 0) is 0 Å². The fourth-order valence-corrected chi connectivity index (χ4v) is 2.01. The van der Waals surface area contributed by atoms with E-state index in [0.717, 1.165) is 11.3 Å². The van der Waals surface area contributed by atoms with E-state index in [4.69, 9.17) is 11.6 Å². The Labute approximate surface area is 110 Å². The molecule has 6 heteroatoms. The summed E-state index contributed by atoms with van der Waals surface area (Å²) >= 11 is 0. The summed E-state index contributed by atoms with van der Waals surface area (Å²) in [4.78, 5) is 8.60. The van der Waals surface area contributed by atoms with Crippen LogP contribution in [0.4, 0.5) is 5.82 Å². The summed E-state index contributed by atoms with van der Waals surface area (Å²) in [6.45, 7) is 0. The molecule has 1 aromatic carbocycles. The summed E-state index contributed by atoms with van der Waals surface area (Å²) in [6.07, 6.45) is 3.42. The molecule has 96 valence electrons. The fourth-order valence-electron chi connectivity index (χ4n) is 2.01. The molecule has 0 aliphatic rings. The van der Waals surface area contributed by atoms with Gasteiger partial charge in [-0.15, -0.1) is 0 Å². The summed E-state index contributed by atoms with van der Waals surface area (Å²) in [5.41, 5.74) is 8.43. The first-order chi connectivity index (χ1) is 9.18. The van der Waals surface area contributed by atoms with E-state index in [2.05, 4.69) is 9.97 Å². The summed E-state index contributed by atoms with van der Waals surface area (Å²) in [6, 6.07) is 9.70. The smallest absolute Gasteiger partial charge is 0.161 e. The Morgan fingerprint density at radius 3 is 2.53 bits per heavy atom. The van der Waals surface area contributed by atoms with E-state index in [0.29, 0.717) is 17.3 Å². The average molecular weight is 254 g/mol. The number of rotatable bonds is 2. The first-order valence-electron chi connectivity index (χ1n) is 5.84. The van der Waals surface area contributed by atoms with Gasteiger partial charge in [0, 0.05) is 12.6 Å². The third-order valence-corrected chi connectivity index (χ3v) is 3.04.